The minimum absolute atomic E-state index is 0.234. The summed E-state index contributed by atoms with van der Waals surface area (Å²) in [5, 5.41) is 5.64. The first-order chi connectivity index (χ1) is 9.65. The van der Waals surface area contributed by atoms with E-state index in [4.69, 9.17) is 0 Å². The smallest absolute Gasteiger partial charge is 0.180 e. The number of rotatable bonds is 4. The highest BCUT2D eigenvalue weighted by Crippen LogP contribution is 2.30. The molecule has 0 radical (unpaired) electrons. The van der Waals surface area contributed by atoms with Gasteiger partial charge in [0, 0.05) is 23.5 Å². The number of halogens is 1. The predicted molar refractivity (Wildman–Crippen MR) is 86.2 cm³/mol. The van der Waals surface area contributed by atoms with Crippen molar-refractivity contribution < 1.29 is 0 Å². The molecule has 0 fully saturated rings. The Hall–Kier alpha value is -1.40. The Kier molecular flexibility index (Phi) is 3.76. The van der Waals surface area contributed by atoms with Crippen LogP contribution >= 0.6 is 27.3 Å². The maximum Gasteiger partial charge on any atom is 0.180 e. The predicted octanol–water partition coefficient (Wildman–Crippen LogP) is 4.36. The van der Waals surface area contributed by atoms with E-state index in [2.05, 4.69) is 62.6 Å². The topological polar surface area (TPSA) is 42.2 Å². The van der Waals surface area contributed by atoms with E-state index in [0.717, 1.165) is 16.1 Å². The van der Waals surface area contributed by atoms with E-state index >= 15 is 0 Å². The van der Waals surface area contributed by atoms with Gasteiger partial charge in [0.2, 0.25) is 0 Å². The quantitative estimate of drug-likeness (QED) is 0.759. The van der Waals surface area contributed by atoms with Gasteiger partial charge in [0.15, 0.2) is 11.5 Å². The molecule has 0 saturated heterocycles. The summed E-state index contributed by atoms with van der Waals surface area (Å²) in [6, 6.07) is 4.47. The molecule has 3 aromatic heterocycles. The van der Waals surface area contributed by atoms with E-state index in [1.54, 1.807) is 17.5 Å². The molecule has 0 aliphatic heterocycles. The van der Waals surface area contributed by atoms with Crippen LogP contribution < -0.4 is 5.32 Å². The number of nitrogens with one attached hydrogen (secondary N) is 1. The van der Waals surface area contributed by atoms with Crippen LogP contribution in [-0.4, -0.2) is 14.4 Å². The summed E-state index contributed by atoms with van der Waals surface area (Å²) in [5.74, 6) is 1.26. The summed E-state index contributed by atoms with van der Waals surface area (Å²) in [4.78, 5) is 10.2. The average molecular weight is 351 g/mol. The summed E-state index contributed by atoms with van der Waals surface area (Å²) >= 11 is 5.21. The lowest BCUT2D eigenvalue weighted by Gasteiger charge is -2.22. The van der Waals surface area contributed by atoms with Gasteiger partial charge in [-0.25, -0.2) is 9.97 Å². The molecule has 104 valence electrons. The normalized spacial score (nSPS) is 13.0. The van der Waals surface area contributed by atoms with Crippen LogP contribution in [0.5, 0.6) is 0 Å². The number of fused-ring (bicyclic) bond motifs is 1. The zero-order valence-electron chi connectivity index (χ0n) is 11.2. The SMILES string of the molecule is CC(C)C(Nc1nc(Br)cn2ccnc12)c1cccs1. The fourth-order valence-corrected chi connectivity index (χ4v) is 3.53. The van der Waals surface area contributed by atoms with Crippen LogP contribution in [0.3, 0.4) is 0 Å². The second-order valence-electron chi connectivity index (χ2n) is 4.95. The summed E-state index contributed by atoms with van der Waals surface area (Å²) in [6.07, 6.45) is 5.61. The number of anilines is 1. The number of imidazole rings is 1. The van der Waals surface area contributed by atoms with Crippen LogP contribution in [0.25, 0.3) is 5.65 Å². The molecule has 0 bridgehead atoms. The Balaban J connectivity index is 2.00. The van der Waals surface area contributed by atoms with Crippen LogP contribution in [-0.2, 0) is 0 Å². The van der Waals surface area contributed by atoms with Crippen molar-refractivity contribution in [1.29, 1.82) is 0 Å². The Morgan fingerprint density at radius 3 is 2.95 bits per heavy atom. The van der Waals surface area contributed by atoms with Gasteiger partial charge in [0.25, 0.3) is 0 Å². The zero-order valence-corrected chi connectivity index (χ0v) is 13.6. The van der Waals surface area contributed by atoms with Crippen molar-refractivity contribution in [2.24, 2.45) is 5.92 Å². The molecule has 6 heteroatoms. The summed E-state index contributed by atoms with van der Waals surface area (Å²) in [5.41, 5.74) is 0.843. The van der Waals surface area contributed by atoms with Gasteiger partial charge in [-0.2, -0.15) is 0 Å². The van der Waals surface area contributed by atoms with E-state index < -0.39 is 0 Å². The van der Waals surface area contributed by atoms with Crippen molar-refractivity contribution in [3.8, 4) is 0 Å². The van der Waals surface area contributed by atoms with Gasteiger partial charge >= 0.3 is 0 Å². The lowest BCUT2D eigenvalue weighted by molar-refractivity contribution is 0.552. The molecule has 0 saturated carbocycles. The Labute approximate surface area is 130 Å². The second-order valence-corrected chi connectivity index (χ2v) is 6.74. The lowest BCUT2D eigenvalue weighted by atomic mass is 10.0. The maximum absolute atomic E-state index is 4.53. The summed E-state index contributed by atoms with van der Waals surface area (Å²) in [7, 11) is 0. The zero-order chi connectivity index (χ0) is 14.1. The molecule has 4 nitrogen and oxygen atoms in total. The van der Waals surface area contributed by atoms with Gasteiger partial charge in [-0.1, -0.05) is 19.9 Å². The first kappa shape index (κ1) is 13.6. The highest BCUT2D eigenvalue weighted by molar-refractivity contribution is 9.10. The van der Waals surface area contributed by atoms with Crippen LogP contribution in [0.1, 0.15) is 24.8 Å². The van der Waals surface area contributed by atoms with Crippen LogP contribution in [0.4, 0.5) is 5.82 Å². The highest BCUT2D eigenvalue weighted by Gasteiger charge is 2.19. The highest BCUT2D eigenvalue weighted by atomic mass is 79.9. The molecular weight excluding hydrogens is 336 g/mol. The first-order valence-electron chi connectivity index (χ1n) is 6.44. The van der Waals surface area contributed by atoms with E-state index in [-0.39, 0.29) is 6.04 Å². The molecule has 20 heavy (non-hydrogen) atoms. The van der Waals surface area contributed by atoms with Crippen molar-refractivity contribution in [2.75, 3.05) is 5.32 Å². The van der Waals surface area contributed by atoms with E-state index in [0.29, 0.717) is 5.92 Å². The first-order valence-corrected chi connectivity index (χ1v) is 8.11. The van der Waals surface area contributed by atoms with Gasteiger partial charge in [-0.05, 0) is 33.3 Å². The molecule has 3 aromatic rings. The van der Waals surface area contributed by atoms with E-state index in [1.807, 2.05) is 16.8 Å². The third-order valence-electron chi connectivity index (χ3n) is 3.15. The van der Waals surface area contributed by atoms with E-state index in [1.165, 1.54) is 4.88 Å². The minimum Gasteiger partial charge on any atom is -0.359 e. The Bertz CT molecular complexity index is 705. The molecule has 0 amide bonds. The molecule has 3 heterocycles. The number of nitrogens with zero attached hydrogens (tertiary/aromatic N) is 3. The molecule has 0 spiro atoms. The molecular formula is C14H15BrN4S. The summed E-state index contributed by atoms with van der Waals surface area (Å²) < 4.78 is 2.75. The third-order valence-corrected chi connectivity index (χ3v) is 4.49. The molecule has 3 rings (SSSR count). The fraction of sp³-hybridized carbons (Fsp3) is 0.286. The number of hydrogen-bond donors (Lipinski definition) is 1. The Morgan fingerprint density at radius 1 is 1.40 bits per heavy atom. The van der Waals surface area contributed by atoms with Crippen LogP contribution in [0.2, 0.25) is 0 Å². The lowest BCUT2D eigenvalue weighted by Crippen LogP contribution is -2.17. The van der Waals surface area contributed by atoms with Crippen molar-refractivity contribution in [1.82, 2.24) is 14.4 Å². The molecule has 0 aliphatic rings. The number of aromatic nitrogens is 3. The van der Waals surface area contributed by atoms with Crippen molar-refractivity contribution >= 4 is 38.7 Å². The molecule has 0 aliphatic carbocycles. The van der Waals surface area contributed by atoms with Gasteiger partial charge in [-0.3, -0.25) is 0 Å². The van der Waals surface area contributed by atoms with Crippen LogP contribution in [0.15, 0.2) is 40.7 Å². The van der Waals surface area contributed by atoms with Crippen molar-refractivity contribution in [3.05, 3.63) is 45.6 Å². The molecule has 1 atom stereocenters. The van der Waals surface area contributed by atoms with Gasteiger partial charge in [0.05, 0.1) is 6.04 Å². The van der Waals surface area contributed by atoms with E-state index in [9.17, 15) is 0 Å². The van der Waals surface area contributed by atoms with Crippen molar-refractivity contribution in [2.45, 2.75) is 19.9 Å². The van der Waals surface area contributed by atoms with Gasteiger partial charge < -0.3 is 9.72 Å². The van der Waals surface area contributed by atoms with Crippen molar-refractivity contribution in [3.63, 3.8) is 0 Å². The fourth-order valence-electron chi connectivity index (χ4n) is 2.18. The maximum atomic E-state index is 4.53. The monoisotopic (exact) mass is 350 g/mol. The molecule has 1 unspecified atom stereocenters. The third kappa shape index (κ3) is 2.58. The largest absolute Gasteiger partial charge is 0.359 e. The average Bonchev–Trinajstić information content (AvgIpc) is 3.05. The van der Waals surface area contributed by atoms with Crippen LogP contribution in [0, 0.1) is 5.92 Å². The Morgan fingerprint density at radius 2 is 2.25 bits per heavy atom. The molecule has 1 N–H and O–H groups in total. The van der Waals surface area contributed by atoms with Gasteiger partial charge in [-0.15, -0.1) is 11.3 Å². The standard InChI is InChI=1S/C14H15BrN4S/c1-9(2)12(10-4-3-7-20-10)18-13-14-16-5-6-19(14)8-11(15)17-13/h3-9,12H,1-2H3,(H,17,18). The van der Waals surface area contributed by atoms with Gasteiger partial charge in [0.1, 0.15) is 4.60 Å². The second kappa shape index (κ2) is 5.54. The molecule has 0 aromatic carbocycles. The number of thiophene rings is 1. The minimum atomic E-state index is 0.234. The number of hydrogen-bond acceptors (Lipinski definition) is 4. The summed E-state index contributed by atoms with van der Waals surface area (Å²) in [6.45, 7) is 4.41.